The minimum atomic E-state index is -0.192. The van der Waals surface area contributed by atoms with Crippen LogP contribution in [0.1, 0.15) is 21.7 Å². The molecule has 1 amide bonds. The molecule has 0 saturated heterocycles. The summed E-state index contributed by atoms with van der Waals surface area (Å²) in [6.07, 6.45) is 0. The van der Waals surface area contributed by atoms with Gasteiger partial charge in [0.2, 0.25) is 0 Å². The van der Waals surface area contributed by atoms with Gasteiger partial charge in [0, 0.05) is 16.4 Å². The summed E-state index contributed by atoms with van der Waals surface area (Å²) in [7, 11) is 1.55. The van der Waals surface area contributed by atoms with Gasteiger partial charge in [-0.05, 0) is 38.1 Å². The number of aromatic amines is 1. The van der Waals surface area contributed by atoms with Crippen molar-refractivity contribution in [3.8, 4) is 5.75 Å². The van der Waals surface area contributed by atoms with Gasteiger partial charge in [0.25, 0.3) is 5.91 Å². The first kappa shape index (κ1) is 13.5. The van der Waals surface area contributed by atoms with Crippen LogP contribution in [0.25, 0.3) is 0 Å². The van der Waals surface area contributed by atoms with Crippen molar-refractivity contribution in [2.75, 3.05) is 12.4 Å². The predicted molar refractivity (Wildman–Crippen MR) is 76.2 cm³/mol. The summed E-state index contributed by atoms with van der Waals surface area (Å²) in [5.41, 5.74) is 2.94. The summed E-state index contributed by atoms with van der Waals surface area (Å²) in [6, 6.07) is 6.89. The maximum Gasteiger partial charge on any atom is 0.257 e. The van der Waals surface area contributed by atoms with Crippen molar-refractivity contribution in [1.82, 2.24) is 4.98 Å². The monoisotopic (exact) mass is 278 g/mol. The van der Waals surface area contributed by atoms with Gasteiger partial charge in [-0.1, -0.05) is 11.6 Å². The Morgan fingerprint density at radius 3 is 2.63 bits per heavy atom. The molecule has 0 radical (unpaired) electrons. The Morgan fingerprint density at radius 2 is 2.05 bits per heavy atom. The van der Waals surface area contributed by atoms with E-state index in [0.29, 0.717) is 22.0 Å². The maximum absolute atomic E-state index is 12.2. The van der Waals surface area contributed by atoms with Gasteiger partial charge in [0.1, 0.15) is 5.75 Å². The highest BCUT2D eigenvalue weighted by atomic mass is 35.5. The number of rotatable bonds is 3. The fraction of sp³-hybridized carbons (Fsp3) is 0.214. The molecule has 1 aromatic heterocycles. The summed E-state index contributed by atoms with van der Waals surface area (Å²) < 4.78 is 5.19. The van der Waals surface area contributed by atoms with E-state index in [1.807, 2.05) is 19.9 Å². The van der Waals surface area contributed by atoms with Gasteiger partial charge >= 0.3 is 0 Å². The van der Waals surface area contributed by atoms with E-state index in [4.69, 9.17) is 16.3 Å². The molecule has 2 N–H and O–H groups in total. The first-order chi connectivity index (χ1) is 9.01. The molecule has 0 aliphatic heterocycles. The lowest BCUT2D eigenvalue weighted by molar-refractivity contribution is 0.102. The fourth-order valence-electron chi connectivity index (χ4n) is 1.93. The van der Waals surface area contributed by atoms with E-state index in [-0.39, 0.29) is 5.91 Å². The van der Waals surface area contributed by atoms with Crippen LogP contribution in [0.4, 0.5) is 5.69 Å². The van der Waals surface area contributed by atoms with E-state index in [9.17, 15) is 4.79 Å². The van der Waals surface area contributed by atoms with Gasteiger partial charge in [-0.3, -0.25) is 4.79 Å². The molecule has 2 rings (SSSR count). The van der Waals surface area contributed by atoms with Crippen LogP contribution in [-0.2, 0) is 0 Å². The number of hydrogen-bond acceptors (Lipinski definition) is 2. The lowest BCUT2D eigenvalue weighted by Crippen LogP contribution is -2.13. The highest BCUT2D eigenvalue weighted by molar-refractivity contribution is 6.31. The van der Waals surface area contributed by atoms with Crippen LogP contribution in [0.5, 0.6) is 5.75 Å². The van der Waals surface area contributed by atoms with Gasteiger partial charge in [0.05, 0.1) is 18.4 Å². The van der Waals surface area contributed by atoms with Crippen molar-refractivity contribution in [1.29, 1.82) is 0 Å². The van der Waals surface area contributed by atoms with Gasteiger partial charge in [-0.15, -0.1) is 0 Å². The Hall–Kier alpha value is -1.94. The van der Waals surface area contributed by atoms with Crippen LogP contribution in [0, 0.1) is 13.8 Å². The molecule has 0 saturated carbocycles. The number of methoxy groups -OCH3 is 1. The fourth-order valence-corrected chi connectivity index (χ4v) is 2.10. The van der Waals surface area contributed by atoms with Crippen molar-refractivity contribution < 1.29 is 9.53 Å². The summed E-state index contributed by atoms with van der Waals surface area (Å²) >= 11 is 5.93. The van der Waals surface area contributed by atoms with E-state index in [2.05, 4.69) is 10.3 Å². The molecule has 0 fully saturated rings. The Labute approximate surface area is 116 Å². The smallest absolute Gasteiger partial charge is 0.257 e. The Bertz CT molecular complexity index is 620. The maximum atomic E-state index is 12.2. The molecule has 0 aliphatic rings. The largest absolute Gasteiger partial charge is 0.495 e. The molecule has 19 heavy (non-hydrogen) atoms. The van der Waals surface area contributed by atoms with Crippen LogP contribution in [0.3, 0.4) is 0 Å². The van der Waals surface area contributed by atoms with Crippen LogP contribution in [0.15, 0.2) is 24.3 Å². The minimum absolute atomic E-state index is 0.192. The van der Waals surface area contributed by atoms with Crippen molar-refractivity contribution in [3.05, 3.63) is 46.2 Å². The van der Waals surface area contributed by atoms with Crippen LogP contribution in [-0.4, -0.2) is 18.0 Å². The molecule has 0 atom stereocenters. The molecule has 5 heteroatoms. The lowest BCUT2D eigenvalue weighted by Gasteiger charge is -2.10. The van der Waals surface area contributed by atoms with Crippen LogP contribution < -0.4 is 10.1 Å². The molecular formula is C14H15ClN2O2. The summed E-state index contributed by atoms with van der Waals surface area (Å²) in [5.74, 6) is 0.380. The van der Waals surface area contributed by atoms with E-state index in [1.54, 1.807) is 25.3 Å². The molecule has 2 aromatic rings. The van der Waals surface area contributed by atoms with E-state index < -0.39 is 0 Å². The quantitative estimate of drug-likeness (QED) is 0.902. The Morgan fingerprint density at radius 1 is 1.32 bits per heavy atom. The van der Waals surface area contributed by atoms with Crippen LogP contribution in [0.2, 0.25) is 5.02 Å². The molecule has 0 bridgehead atoms. The number of hydrogen-bond donors (Lipinski definition) is 2. The second-order valence-electron chi connectivity index (χ2n) is 4.29. The Kier molecular flexibility index (Phi) is 3.81. The first-order valence-electron chi connectivity index (χ1n) is 5.82. The summed E-state index contributed by atoms with van der Waals surface area (Å²) in [4.78, 5) is 15.3. The molecule has 4 nitrogen and oxygen atoms in total. The van der Waals surface area contributed by atoms with Gasteiger partial charge in [0.15, 0.2) is 0 Å². The average molecular weight is 279 g/mol. The molecule has 100 valence electrons. The van der Waals surface area contributed by atoms with Crippen molar-refractivity contribution in [2.24, 2.45) is 0 Å². The van der Waals surface area contributed by atoms with Gasteiger partial charge in [-0.2, -0.15) is 0 Å². The van der Waals surface area contributed by atoms with Crippen LogP contribution >= 0.6 is 11.6 Å². The number of H-pyrrole nitrogens is 1. The third kappa shape index (κ3) is 2.90. The molecular weight excluding hydrogens is 264 g/mol. The zero-order chi connectivity index (χ0) is 14.0. The minimum Gasteiger partial charge on any atom is -0.495 e. The summed E-state index contributed by atoms with van der Waals surface area (Å²) in [5, 5.41) is 3.34. The third-order valence-electron chi connectivity index (χ3n) is 2.80. The molecule has 0 spiro atoms. The van der Waals surface area contributed by atoms with Crippen molar-refractivity contribution in [2.45, 2.75) is 13.8 Å². The standard InChI is InChI=1S/C14H15ClN2O2/c1-8-6-11(9(2)16-8)14(18)17-12-7-10(15)4-5-13(12)19-3/h4-7,16H,1-3H3,(H,17,18). The SMILES string of the molecule is COc1ccc(Cl)cc1NC(=O)c1cc(C)[nH]c1C. The number of carbonyl (C=O) groups is 1. The van der Waals surface area contributed by atoms with Crippen molar-refractivity contribution in [3.63, 3.8) is 0 Å². The summed E-state index contributed by atoms with van der Waals surface area (Å²) in [6.45, 7) is 3.76. The van der Waals surface area contributed by atoms with E-state index in [0.717, 1.165) is 11.4 Å². The second-order valence-corrected chi connectivity index (χ2v) is 4.73. The number of nitrogens with one attached hydrogen (secondary N) is 2. The normalized spacial score (nSPS) is 10.3. The lowest BCUT2D eigenvalue weighted by atomic mass is 10.2. The topological polar surface area (TPSA) is 54.1 Å². The second kappa shape index (κ2) is 5.36. The number of ether oxygens (including phenoxy) is 1. The number of aryl methyl sites for hydroxylation is 2. The molecule has 0 unspecified atom stereocenters. The predicted octanol–water partition coefficient (Wildman–Crippen LogP) is 3.55. The number of halogens is 1. The van der Waals surface area contributed by atoms with E-state index >= 15 is 0 Å². The number of benzene rings is 1. The number of aromatic nitrogens is 1. The third-order valence-corrected chi connectivity index (χ3v) is 3.04. The average Bonchev–Trinajstić information content (AvgIpc) is 2.69. The molecule has 1 heterocycles. The van der Waals surface area contributed by atoms with E-state index in [1.165, 1.54) is 0 Å². The number of amides is 1. The molecule has 1 aromatic carbocycles. The number of anilines is 1. The van der Waals surface area contributed by atoms with Crippen molar-refractivity contribution >= 4 is 23.2 Å². The highest BCUT2D eigenvalue weighted by Crippen LogP contribution is 2.28. The Balaban J connectivity index is 2.28. The molecule has 0 aliphatic carbocycles. The highest BCUT2D eigenvalue weighted by Gasteiger charge is 2.14. The first-order valence-corrected chi connectivity index (χ1v) is 6.20. The van der Waals surface area contributed by atoms with Gasteiger partial charge < -0.3 is 15.0 Å². The zero-order valence-corrected chi connectivity index (χ0v) is 11.8. The zero-order valence-electron chi connectivity index (χ0n) is 11.0. The van der Waals surface area contributed by atoms with Gasteiger partial charge in [-0.25, -0.2) is 0 Å². The number of carbonyl (C=O) groups excluding carboxylic acids is 1.